The van der Waals surface area contributed by atoms with Crippen LogP contribution >= 0.6 is 22.9 Å². The number of anilines is 2. The molecule has 0 amide bonds. The number of esters is 1. The molecule has 0 saturated heterocycles. The first kappa shape index (κ1) is 21.6. The summed E-state index contributed by atoms with van der Waals surface area (Å²) in [5.41, 5.74) is 4.56. The molecule has 1 aliphatic rings. The van der Waals surface area contributed by atoms with E-state index in [-0.39, 0.29) is 34.5 Å². The van der Waals surface area contributed by atoms with Crippen molar-refractivity contribution < 1.29 is 22.7 Å². The fraction of sp³-hybridized carbons (Fsp3) is 0.444. The Balaban J connectivity index is 1.51. The van der Waals surface area contributed by atoms with Gasteiger partial charge in [0.2, 0.25) is 10.1 Å². The number of hydrogen-bond donors (Lipinski definition) is 2. The molecule has 166 valence electrons. The molecule has 1 saturated carbocycles. The number of fused-ring (bicyclic) bond motifs is 1. The molecule has 0 aromatic carbocycles. The summed E-state index contributed by atoms with van der Waals surface area (Å²) in [7, 11) is 0. The Bertz CT molecular complexity index is 1120. The van der Waals surface area contributed by atoms with Crippen LogP contribution in [0.2, 0.25) is 5.15 Å². The molecule has 4 rings (SSSR count). The molecular weight excluding hydrogens is 457 g/mol. The number of imidazole rings is 1. The molecule has 0 unspecified atom stereocenters. The monoisotopic (exact) mass is 474 g/mol. The van der Waals surface area contributed by atoms with Gasteiger partial charge in [-0.25, -0.2) is 9.97 Å². The van der Waals surface area contributed by atoms with Crippen LogP contribution in [0.25, 0.3) is 16.2 Å². The second-order valence-corrected chi connectivity index (χ2v) is 8.55. The van der Waals surface area contributed by atoms with Crippen molar-refractivity contribution in [2.24, 2.45) is 0 Å². The van der Waals surface area contributed by atoms with Crippen LogP contribution in [0.5, 0.6) is 0 Å². The number of nitrogen functional groups attached to an aromatic ring is 1. The second-order valence-electron chi connectivity index (χ2n) is 7.23. The maximum Gasteiger partial charge on any atom is 0.419 e. The highest BCUT2D eigenvalue weighted by atomic mass is 35.5. The van der Waals surface area contributed by atoms with Gasteiger partial charge >= 0.3 is 12.1 Å². The smallest absolute Gasteiger partial charge is 0.419 e. The van der Waals surface area contributed by atoms with Gasteiger partial charge in [0.25, 0.3) is 0 Å². The van der Waals surface area contributed by atoms with Crippen molar-refractivity contribution in [2.45, 2.75) is 50.9 Å². The third-order valence-corrected chi connectivity index (χ3v) is 6.16. The van der Waals surface area contributed by atoms with Crippen molar-refractivity contribution in [1.82, 2.24) is 19.6 Å². The van der Waals surface area contributed by atoms with Gasteiger partial charge in [0.05, 0.1) is 5.56 Å². The van der Waals surface area contributed by atoms with E-state index in [1.165, 1.54) is 29.0 Å². The summed E-state index contributed by atoms with van der Waals surface area (Å²) in [6.45, 7) is 1.40. The van der Waals surface area contributed by atoms with Gasteiger partial charge in [0.15, 0.2) is 5.15 Å². The summed E-state index contributed by atoms with van der Waals surface area (Å²) >= 11 is 7.59. The van der Waals surface area contributed by atoms with E-state index in [1.807, 2.05) is 0 Å². The van der Waals surface area contributed by atoms with Crippen LogP contribution in [0.1, 0.15) is 38.2 Å². The molecule has 0 atom stereocenters. The summed E-state index contributed by atoms with van der Waals surface area (Å²) in [4.78, 5) is 19.5. The summed E-state index contributed by atoms with van der Waals surface area (Å²) in [5, 5.41) is 8.39. The summed E-state index contributed by atoms with van der Waals surface area (Å²) < 4.78 is 46.0. The maximum absolute atomic E-state index is 13.1. The van der Waals surface area contributed by atoms with Crippen molar-refractivity contribution in [2.75, 3.05) is 11.1 Å². The predicted octanol–water partition coefficient (Wildman–Crippen LogP) is 4.39. The molecule has 3 heterocycles. The number of aromatic nitrogens is 4. The molecule has 0 aliphatic heterocycles. The standard InChI is InChI=1S/C18H18ClF3N6O2S/c1-8(29)30-11-4-2-10(3-5-11)25-16-27-28-14(19)13(26-17(28)31-16)9-6-12(18(20,21)22)15(23)24-7-9/h6-7,10-11H,2-5H2,1H3,(H2,23,24)(H,25,27). The molecule has 0 bridgehead atoms. The molecule has 3 N–H and O–H groups in total. The van der Waals surface area contributed by atoms with Crippen LogP contribution in [-0.4, -0.2) is 37.7 Å². The first-order valence-electron chi connectivity index (χ1n) is 9.43. The van der Waals surface area contributed by atoms with E-state index in [0.29, 0.717) is 10.1 Å². The van der Waals surface area contributed by atoms with Gasteiger partial charge in [-0.15, -0.1) is 5.10 Å². The second kappa shape index (κ2) is 8.15. The lowest BCUT2D eigenvalue weighted by molar-refractivity contribution is -0.147. The zero-order valence-corrected chi connectivity index (χ0v) is 17.8. The molecule has 13 heteroatoms. The Morgan fingerprint density at radius 2 is 2.06 bits per heavy atom. The number of pyridine rings is 1. The van der Waals surface area contributed by atoms with E-state index in [1.54, 1.807) is 0 Å². The Hall–Kier alpha value is -2.60. The largest absolute Gasteiger partial charge is 0.463 e. The first-order chi connectivity index (χ1) is 14.6. The lowest BCUT2D eigenvalue weighted by Gasteiger charge is -2.28. The first-order valence-corrected chi connectivity index (χ1v) is 10.6. The molecule has 8 nitrogen and oxygen atoms in total. The minimum absolute atomic E-state index is 0.0590. The van der Waals surface area contributed by atoms with Crippen LogP contribution in [0.3, 0.4) is 0 Å². The number of alkyl halides is 3. The van der Waals surface area contributed by atoms with Gasteiger partial charge in [-0.3, -0.25) is 4.79 Å². The van der Waals surface area contributed by atoms with E-state index in [4.69, 9.17) is 22.1 Å². The Morgan fingerprint density at radius 1 is 1.35 bits per heavy atom. The highest BCUT2D eigenvalue weighted by Gasteiger charge is 2.34. The van der Waals surface area contributed by atoms with Gasteiger partial charge in [0, 0.05) is 24.7 Å². The Morgan fingerprint density at radius 3 is 2.68 bits per heavy atom. The van der Waals surface area contributed by atoms with Crippen LogP contribution in [-0.2, 0) is 15.7 Å². The van der Waals surface area contributed by atoms with Gasteiger partial charge in [-0.2, -0.15) is 17.7 Å². The number of carbonyl (C=O) groups is 1. The van der Waals surface area contributed by atoms with Crippen molar-refractivity contribution >= 4 is 44.8 Å². The number of rotatable bonds is 4. The van der Waals surface area contributed by atoms with E-state index >= 15 is 0 Å². The summed E-state index contributed by atoms with van der Waals surface area (Å²) in [6.07, 6.45) is -0.348. The quantitative estimate of drug-likeness (QED) is 0.540. The number of ether oxygens (including phenoxy) is 1. The van der Waals surface area contributed by atoms with Crippen molar-refractivity contribution in [3.63, 3.8) is 0 Å². The van der Waals surface area contributed by atoms with Crippen LogP contribution < -0.4 is 11.1 Å². The predicted molar refractivity (Wildman–Crippen MR) is 110 cm³/mol. The SMILES string of the molecule is CC(=O)OC1CCC(Nc2nn3c(Cl)c(-c4cnc(N)c(C(F)(F)F)c4)nc3s2)CC1. The van der Waals surface area contributed by atoms with E-state index in [2.05, 4.69) is 20.4 Å². The Kier molecular flexibility index (Phi) is 5.69. The lowest BCUT2D eigenvalue weighted by atomic mass is 9.93. The average molecular weight is 475 g/mol. The third-order valence-electron chi connectivity index (χ3n) is 4.98. The van der Waals surface area contributed by atoms with Crippen LogP contribution in [0.15, 0.2) is 12.3 Å². The summed E-state index contributed by atoms with van der Waals surface area (Å²) in [5.74, 6) is -0.886. The molecule has 1 aliphatic carbocycles. The van der Waals surface area contributed by atoms with Gasteiger partial charge in [0.1, 0.15) is 17.6 Å². The zero-order valence-electron chi connectivity index (χ0n) is 16.2. The van der Waals surface area contributed by atoms with Crippen molar-refractivity contribution in [3.8, 4) is 11.3 Å². The minimum Gasteiger partial charge on any atom is -0.463 e. The molecular formula is C18H18ClF3N6O2S. The summed E-state index contributed by atoms with van der Waals surface area (Å²) in [6, 6.07) is 1.04. The van der Waals surface area contributed by atoms with Crippen molar-refractivity contribution in [1.29, 1.82) is 0 Å². The van der Waals surface area contributed by atoms with E-state index in [0.717, 1.165) is 31.7 Å². The number of nitrogens with two attached hydrogens (primary N) is 1. The van der Waals surface area contributed by atoms with E-state index < -0.39 is 17.6 Å². The maximum atomic E-state index is 13.1. The topological polar surface area (TPSA) is 107 Å². The molecule has 0 spiro atoms. The molecule has 31 heavy (non-hydrogen) atoms. The minimum atomic E-state index is -4.64. The molecule has 0 radical (unpaired) electrons. The van der Waals surface area contributed by atoms with Crippen LogP contribution in [0.4, 0.5) is 24.1 Å². The Labute approximate surface area is 183 Å². The number of nitrogens with zero attached hydrogens (tertiary/aromatic N) is 4. The van der Waals surface area contributed by atoms with Gasteiger partial charge < -0.3 is 15.8 Å². The van der Waals surface area contributed by atoms with Gasteiger partial charge in [-0.05, 0) is 31.7 Å². The lowest BCUT2D eigenvalue weighted by Crippen LogP contribution is -2.30. The number of carbonyl (C=O) groups excluding carboxylic acids is 1. The zero-order chi connectivity index (χ0) is 22.3. The molecule has 1 fully saturated rings. The third kappa shape index (κ3) is 4.54. The molecule has 3 aromatic heterocycles. The van der Waals surface area contributed by atoms with Gasteiger partial charge in [-0.1, -0.05) is 22.9 Å². The highest BCUT2D eigenvalue weighted by Crippen LogP contribution is 2.37. The van der Waals surface area contributed by atoms with Crippen molar-refractivity contribution in [3.05, 3.63) is 23.0 Å². The van der Waals surface area contributed by atoms with E-state index in [9.17, 15) is 18.0 Å². The molecule has 3 aromatic rings. The number of halogens is 4. The average Bonchev–Trinajstić information content (AvgIpc) is 3.21. The number of hydrogen-bond acceptors (Lipinski definition) is 8. The fourth-order valence-corrected chi connectivity index (χ4v) is 4.73. The normalized spacial score (nSPS) is 19.5. The van der Waals surface area contributed by atoms with Crippen LogP contribution in [0, 0.1) is 0 Å². The fourth-order valence-electron chi connectivity index (χ4n) is 3.53. The number of nitrogens with one attached hydrogen (secondary N) is 1. The highest BCUT2D eigenvalue weighted by molar-refractivity contribution is 7.20.